The van der Waals surface area contributed by atoms with Gasteiger partial charge in [0.1, 0.15) is 0 Å². The second-order valence-corrected chi connectivity index (χ2v) is 4.98. The number of aryl methyl sites for hydroxylation is 1. The van der Waals surface area contributed by atoms with E-state index < -0.39 is 17.6 Å². The molecule has 2 heterocycles. The van der Waals surface area contributed by atoms with E-state index >= 15 is 0 Å². The number of nitrogens with one attached hydrogen (secondary N) is 2. The van der Waals surface area contributed by atoms with Crippen LogP contribution in [-0.4, -0.2) is 22.3 Å². The van der Waals surface area contributed by atoms with E-state index in [0.717, 1.165) is 37.1 Å². The Bertz CT molecular complexity index is 708. The first-order valence-electron chi connectivity index (χ1n) is 6.74. The van der Waals surface area contributed by atoms with Gasteiger partial charge in [-0.15, -0.1) is 0 Å². The molecule has 5 nitrogen and oxygen atoms in total. The van der Waals surface area contributed by atoms with E-state index in [0.29, 0.717) is 5.82 Å². The fourth-order valence-electron chi connectivity index (χ4n) is 2.32. The molecule has 0 fully saturated rings. The van der Waals surface area contributed by atoms with Crippen molar-refractivity contribution in [3.63, 3.8) is 0 Å². The standard InChI is InChI=1S/C14H13F3N4O/c15-14(16,17)11-5-1-3-9(7-11)13(22)20-21-12-10(8-19-21)4-2-6-18-12/h1,3,5,7-8,18H,2,4,6H2,(H,20,22). The Labute approximate surface area is 124 Å². The molecule has 1 aromatic carbocycles. The first kappa shape index (κ1) is 14.4. The highest BCUT2D eigenvalue weighted by molar-refractivity contribution is 6.00. The summed E-state index contributed by atoms with van der Waals surface area (Å²) in [5.74, 6) is 0.0240. The molecule has 0 saturated carbocycles. The molecular weight excluding hydrogens is 297 g/mol. The van der Waals surface area contributed by atoms with Gasteiger partial charge in [0, 0.05) is 17.7 Å². The number of amides is 1. The molecule has 1 aliphatic heterocycles. The van der Waals surface area contributed by atoms with Crippen molar-refractivity contribution in [3.05, 3.63) is 47.2 Å². The highest BCUT2D eigenvalue weighted by Crippen LogP contribution is 2.29. The Hall–Kier alpha value is -2.51. The number of nitrogens with zero attached hydrogens (tertiary/aromatic N) is 2. The number of benzene rings is 1. The van der Waals surface area contributed by atoms with E-state index in [1.54, 1.807) is 6.20 Å². The predicted molar refractivity (Wildman–Crippen MR) is 74.2 cm³/mol. The number of hydrogen-bond acceptors (Lipinski definition) is 3. The summed E-state index contributed by atoms with van der Waals surface area (Å²) < 4.78 is 38.0. The largest absolute Gasteiger partial charge is 0.416 e. The summed E-state index contributed by atoms with van der Waals surface area (Å²) in [5.41, 5.74) is 2.52. The van der Waals surface area contributed by atoms with Crippen LogP contribution in [0.3, 0.4) is 0 Å². The molecule has 0 saturated heterocycles. The number of alkyl halides is 3. The number of rotatable bonds is 2. The number of anilines is 1. The van der Waals surface area contributed by atoms with Crippen LogP contribution in [0.25, 0.3) is 0 Å². The van der Waals surface area contributed by atoms with Crippen molar-refractivity contribution in [3.8, 4) is 0 Å². The summed E-state index contributed by atoms with van der Waals surface area (Å²) in [7, 11) is 0. The SMILES string of the molecule is O=C(Nn1ncc2c1NCCC2)c1cccc(C(F)(F)F)c1. The number of aromatic nitrogens is 2. The normalized spacial score (nSPS) is 14.1. The first-order chi connectivity index (χ1) is 10.4. The molecule has 22 heavy (non-hydrogen) atoms. The molecule has 1 aliphatic rings. The second-order valence-electron chi connectivity index (χ2n) is 4.98. The summed E-state index contributed by atoms with van der Waals surface area (Å²) >= 11 is 0. The molecule has 0 aliphatic carbocycles. The van der Waals surface area contributed by atoms with Crippen molar-refractivity contribution in [2.45, 2.75) is 19.0 Å². The van der Waals surface area contributed by atoms with Gasteiger partial charge in [-0.3, -0.25) is 4.79 Å². The highest BCUT2D eigenvalue weighted by Gasteiger charge is 2.31. The Morgan fingerprint density at radius 3 is 2.95 bits per heavy atom. The van der Waals surface area contributed by atoms with Crippen LogP contribution in [0.2, 0.25) is 0 Å². The zero-order valence-corrected chi connectivity index (χ0v) is 11.4. The maximum atomic E-state index is 12.7. The summed E-state index contributed by atoms with van der Waals surface area (Å²) in [5, 5.41) is 7.14. The molecule has 0 atom stereocenters. The zero-order chi connectivity index (χ0) is 15.7. The molecule has 1 aromatic heterocycles. The molecule has 0 unspecified atom stereocenters. The molecule has 1 amide bonds. The van der Waals surface area contributed by atoms with Crippen molar-refractivity contribution in [1.29, 1.82) is 0 Å². The summed E-state index contributed by atoms with van der Waals surface area (Å²) in [4.78, 5) is 13.4. The van der Waals surface area contributed by atoms with Gasteiger partial charge in [-0.05, 0) is 31.0 Å². The molecule has 116 valence electrons. The fraction of sp³-hybridized carbons (Fsp3) is 0.286. The average Bonchev–Trinajstić information content (AvgIpc) is 2.90. The lowest BCUT2D eigenvalue weighted by Crippen LogP contribution is -2.27. The van der Waals surface area contributed by atoms with Crippen LogP contribution < -0.4 is 10.7 Å². The van der Waals surface area contributed by atoms with Gasteiger partial charge in [0.2, 0.25) is 0 Å². The third-order valence-electron chi connectivity index (χ3n) is 3.42. The lowest BCUT2D eigenvalue weighted by Gasteiger charge is -2.16. The van der Waals surface area contributed by atoms with Gasteiger partial charge < -0.3 is 5.32 Å². The van der Waals surface area contributed by atoms with Crippen LogP contribution in [-0.2, 0) is 12.6 Å². The Morgan fingerprint density at radius 2 is 2.18 bits per heavy atom. The van der Waals surface area contributed by atoms with Gasteiger partial charge in [0.15, 0.2) is 5.82 Å². The minimum atomic E-state index is -4.48. The van der Waals surface area contributed by atoms with E-state index in [9.17, 15) is 18.0 Å². The Kier molecular flexibility index (Phi) is 3.51. The summed E-state index contributed by atoms with van der Waals surface area (Å²) in [6.07, 6.45) is -1.03. The number of fused-ring (bicyclic) bond motifs is 1. The number of carbonyl (C=O) groups is 1. The number of hydrogen-bond donors (Lipinski definition) is 2. The van der Waals surface area contributed by atoms with Crippen molar-refractivity contribution in [1.82, 2.24) is 9.89 Å². The topological polar surface area (TPSA) is 59.0 Å². The maximum Gasteiger partial charge on any atom is 0.416 e. The highest BCUT2D eigenvalue weighted by atomic mass is 19.4. The third kappa shape index (κ3) is 2.76. The van der Waals surface area contributed by atoms with Crippen LogP contribution >= 0.6 is 0 Å². The number of carbonyl (C=O) groups excluding carboxylic acids is 1. The van der Waals surface area contributed by atoms with Crippen LogP contribution in [0.5, 0.6) is 0 Å². The minimum Gasteiger partial charge on any atom is -0.368 e. The molecule has 8 heteroatoms. The molecular formula is C14H13F3N4O. The smallest absolute Gasteiger partial charge is 0.368 e. The Morgan fingerprint density at radius 1 is 1.36 bits per heavy atom. The molecule has 0 bridgehead atoms. The lowest BCUT2D eigenvalue weighted by molar-refractivity contribution is -0.137. The Balaban J connectivity index is 1.82. The monoisotopic (exact) mass is 310 g/mol. The van der Waals surface area contributed by atoms with Crippen LogP contribution in [0.4, 0.5) is 19.0 Å². The van der Waals surface area contributed by atoms with Crippen LogP contribution in [0.15, 0.2) is 30.5 Å². The van der Waals surface area contributed by atoms with Crippen molar-refractivity contribution in [2.75, 3.05) is 17.3 Å². The molecule has 3 rings (SSSR count). The predicted octanol–water partition coefficient (Wildman–Crippen LogP) is 2.64. The van der Waals surface area contributed by atoms with Gasteiger partial charge >= 0.3 is 6.18 Å². The lowest BCUT2D eigenvalue weighted by atomic mass is 10.1. The second kappa shape index (κ2) is 5.36. The van der Waals surface area contributed by atoms with Gasteiger partial charge in [-0.2, -0.15) is 23.1 Å². The molecule has 2 N–H and O–H groups in total. The van der Waals surface area contributed by atoms with Gasteiger partial charge in [0.25, 0.3) is 5.91 Å². The molecule has 0 spiro atoms. The van der Waals surface area contributed by atoms with E-state index in [-0.39, 0.29) is 5.56 Å². The average molecular weight is 310 g/mol. The van der Waals surface area contributed by atoms with Gasteiger partial charge in [-0.25, -0.2) is 5.43 Å². The zero-order valence-electron chi connectivity index (χ0n) is 11.4. The summed E-state index contributed by atoms with van der Waals surface area (Å²) in [6, 6.07) is 4.27. The fourth-order valence-corrected chi connectivity index (χ4v) is 2.32. The van der Waals surface area contributed by atoms with Gasteiger partial charge in [0.05, 0.1) is 11.8 Å². The van der Waals surface area contributed by atoms with E-state index in [4.69, 9.17) is 0 Å². The minimum absolute atomic E-state index is 0.0742. The summed E-state index contributed by atoms with van der Waals surface area (Å²) in [6.45, 7) is 0.762. The first-order valence-corrected chi connectivity index (χ1v) is 6.74. The number of halogens is 3. The quantitative estimate of drug-likeness (QED) is 0.896. The van der Waals surface area contributed by atoms with Crippen LogP contribution in [0, 0.1) is 0 Å². The van der Waals surface area contributed by atoms with E-state index in [1.165, 1.54) is 16.9 Å². The third-order valence-corrected chi connectivity index (χ3v) is 3.42. The van der Waals surface area contributed by atoms with Crippen molar-refractivity contribution in [2.24, 2.45) is 0 Å². The van der Waals surface area contributed by atoms with E-state index in [2.05, 4.69) is 15.8 Å². The van der Waals surface area contributed by atoms with Crippen molar-refractivity contribution < 1.29 is 18.0 Å². The molecule has 2 aromatic rings. The van der Waals surface area contributed by atoms with Crippen LogP contribution in [0.1, 0.15) is 27.9 Å². The van der Waals surface area contributed by atoms with E-state index in [1.807, 2.05) is 0 Å². The molecule has 0 radical (unpaired) electrons. The maximum absolute atomic E-state index is 12.7. The van der Waals surface area contributed by atoms with Gasteiger partial charge in [-0.1, -0.05) is 6.07 Å². The van der Waals surface area contributed by atoms with Crippen molar-refractivity contribution >= 4 is 11.7 Å².